The fraction of sp³-hybridized carbons (Fsp3) is 0.909. The highest BCUT2D eigenvalue weighted by atomic mass is 16.5. The first-order chi connectivity index (χ1) is 13.6. The summed E-state index contributed by atoms with van der Waals surface area (Å²) >= 11 is 0. The summed E-state index contributed by atoms with van der Waals surface area (Å²) in [7, 11) is 1.58. The van der Waals surface area contributed by atoms with Gasteiger partial charge in [0.1, 0.15) is 6.61 Å². The molecule has 158 valence electrons. The van der Waals surface area contributed by atoms with E-state index in [2.05, 4.69) is 9.80 Å². The van der Waals surface area contributed by atoms with Gasteiger partial charge in [-0.25, -0.2) is 0 Å². The third-order valence-electron chi connectivity index (χ3n) is 7.36. The molecule has 3 heterocycles. The van der Waals surface area contributed by atoms with Crippen LogP contribution in [0, 0.1) is 5.92 Å². The van der Waals surface area contributed by atoms with E-state index in [1.165, 1.54) is 25.7 Å². The number of ether oxygens (including phenoxy) is 2. The lowest BCUT2D eigenvalue weighted by atomic mass is 9.98. The Bertz CT molecular complexity index is 541. The lowest BCUT2D eigenvalue weighted by Crippen LogP contribution is -2.51. The smallest absolute Gasteiger partial charge is 0.249 e. The Balaban J connectivity index is 1.20. The van der Waals surface area contributed by atoms with Gasteiger partial charge in [0.2, 0.25) is 11.8 Å². The number of methoxy groups -OCH3 is 1. The number of likely N-dealkylation sites (tertiary alicyclic amines) is 1. The van der Waals surface area contributed by atoms with E-state index in [9.17, 15) is 9.59 Å². The highest BCUT2D eigenvalue weighted by molar-refractivity contribution is 5.78. The largest absolute Gasteiger partial charge is 0.375 e. The van der Waals surface area contributed by atoms with Crippen molar-refractivity contribution < 1.29 is 19.1 Å². The summed E-state index contributed by atoms with van der Waals surface area (Å²) in [4.78, 5) is 29.0. The summed E-state index contributed by atoms with van der Waals surface area (Å²) in [5.74, 6) is 1.11. The van der Waals surface area contributed by atoms with Gasteiger partial charge in [-0.2, -0.15) is 0 Å². The van der Waals surface area contributed by atoms with E-state index in [4.69, 9.17) is 9.47 Å². The summed E-state index contributed by atoms with van der Waals surface area (Å²) < 4.78 is 11.5. The molecule has 1 unspecified atom stereocenters. The molecular formula is C22H36N2O4. The predicted molar refractivity (Wildman–Crippen MR) is 106 cm³/mol. The second-order valence-corrected chi connectivity index (χ2v) is 9.28. The van der Waals surface area contributed by atoms with Crippen molar-refractivity contribution in [3.05, 3.63) is 0 Å². The molecular weight excluding hydrogens is 356 g/mol. The number of fused-ring (bicyclic) bond motifs is 2. The quantitative estimate of drug-likeness (QED) is 0.697. The SMILES string of the molecule is COCC(=O)N1[C@@H]2CC[C@H]1CC(OC1CCN(C(=O)CC3CCCC3)CC1)C2. The number of carbonyl (C=O) groups is 2. The number of carbonyl (C=O) groups excluding carboxylic acids is 2. The Labute approximate surface area is 168 Å². The molecule has 0 N–H and O–H groups in total. The zero-order valence-corrected chi connectivity index (χ0v) is 17.3. The molecule has 3 atom stereocenters. The summed E-state index contributed by atoms with van der Waals surface area (Å²) in [6.07, 6.45) is 12.3. The molecule has 0 spiro atoms. The zero-order chi connectivity index (χ0) is 19.5. The van der Waals surface area contributed by atoms with Crippen molar-refractivity contribution in [3.8, 4) is 0 Å². The van der Waals surface area contributed by atoms with E-state index < -0.39 is 0 Å². The van der Waals surface area contributed by atoms with Crippen molar-refractivity contribution in [3.63, 3.8) is 0 Å². The summed E-state index contributed by atoms with van der Waals surface area (Å²) in [6, 6.07) is 0.638. The molecule has 6 nitrogen and oxygen atoms in total. The van der Waals surface area contributed by atoms with E-state index in [0.29, 0.717) is 23.9 Å². The Morgan fingerprint density at radius 1 is 0.857 bits per heavy atom. The first kappa shape index (κ1) is 20.1. The summed E-state index contributed by atoms with van der Waals surface area (Å²) in [5, 5.41) is 0. The van der Waals surface area contributed by atoms with Crippen molar-refractivity contribution in [1.82, 2.24) is 9.80 Å². The molecule has 1 aliphatic carbocycles. The number of piperidine rings is 2. The fourth-order valence-corrected chi connectivity index (χ4v) is 5.95. The van der Waals surface area contributed by atoms with E-state index in [-0.39, 0.29) is 24.7 Å². The van der Waals surface area contributed by atoms with Gasteiger partial charge in [-0.05, 0) is 57.3 Å². The van der Waals surface area contributed by atoms with Crippen LogP contribution in [0.25, 0.3) is 0 Å². The van der Waals surface area contributed by atoms with Gasteiger partial charge in [0, 0.05) is 38.7 Å². The zero-order valence-electron chi connectivity index (χ0n) is 17.3. The van der Waals surface area contributed by atoms with Crippen molar-refractivity contribution in [1.29, 1.82) is 0 Å². The van der Waals surface area contributed by atoms with Crippen molar-refractivity contribution in [2.24, 2.45) is 5.92 Å². The van der Waals surface area contributed by atoms with Crippen molar-refractivity contribution in [2.75, 3.05) is 26.8 Å². The van der Waals surface area contributed by atoms with Crippen LogP contribution in [0.2, 0.25) is 0 Å². The van der Waals surface area contributed by atoms with Crippen LogP contribution in [0.3, 0.4) is 0 Å². The standard InChI is InChI=1S/C22H36N2O4/c1-27-15-22(26)24-17-6-7-18(24)14-20(13-17)28-19-8-10-23(11-9-19)21(25)12-16-4-2-3-5-16/h16-20H,2-15H2,1H3/t17-,18+,20?. The number of amides is 2. The number of hydrogen-bond donors (Lipinski definition) is 0. The molecule has 1 saturated carbocycles. The Kier molecular flexibility index (Phi) is 6.56. The van der Waals surface area contributed by atoms with Crippen LogP contribution in [-0.4, -0.2) is 72.7 Å². The monoisotopic (exact) mass is 392 g/mol. The van der Waals surface area contributed by atoms with Crippen molar-refractivity contribution >= 4 is 11.8 Å². The van der Waals surface area contributed by atoms with E-state index in [1.54, 1.807) is 7.11 Å². The van der Waals surface area contributed by atoms with E-state index in [0.717, 1.165) is 58.0 Å². The van der Waals surface area contributed by atoms with E-state index in [1.807, 2.05) is 0 Å². The second kappa shape index (κ2) is 9.12. The maximum absolute atomic E-state index is 12.5. The maximum atomic E-state index is 12.5. The molecule has 2 bridgehead atoms. The van der Waals surface area contributed by atoms with Crippen LogP contribution < -0.4 is 0 Å². The molecule has 4 fully saturated rings. The van der Waals surface area contributed by atoms with Gasteiger partial charge in [0.15, 0.2) is 0 Å². The van der Waals surface area contributed by atoms with Crippen LogP contribution >= 0.6 is 0 Å². The molecule has 0 aromatic rings. The normalized spacial score (nSPS) is 31.5. The minimum atomic E-state index is 0.127. The Morgan fingerprint density at radius 3 is 2.11 bits per heavy atom. The van der Waals surface area contributed by atoms with Crippen LogP contribution in [0.5, 0.6) is 0 Å². The van der Waals surface area contributed by atoms with Gasteiger partial charge in [-0.15, -0.1) is 0 Å². The van der Waals surface area contributed by atoms with Gasteiger partial charge in [0.25, 0.3) is 0 Å². The van der Waals surface area contributed by atoms with Gasteiger partial charge >= 0.3 is 0 Å². The first-order valence-corrected chi connectivity index (χ1v) is 11.4. The summed E-state index contributed by atoms with van der Waals surface area (Å²) in [5.41, 5.74) is 0. The van der Waals surface area contributed by atoms with Gasteiger partial charge in [0.05, 0.1) is 12.2 Å². The lowest BCUT2D eigenvalue weighted by molar-refractivity contribution is -0.145. The number of hydrogen-bond acceptors (Lipinski definition) is 4. The molecule has 2 amide bonds. The fourth-order valence-electron chi connectivity index (χ4n) is 5.95. The third-order valence-corrected chi connectivity index (χ3v) is 7.36. The number of nitrogens with zero attached hydrogens (tertiary/aromatic N) is 2. The Hall–Kier alpha value is -1.14. The average molecular weight is 393 g/mol. The van der Waals surface area contributed by atoms with E-state index >= 15 is 0 Å². The minimum absolute atomic E-state index is 0.127. The molecule has 0 radical (unpaired) electrons. The van der Waals surface area contributed by atoms with Gasteiger partial charge < -0.3 is 19.3 Å². The minimum Gasteiger partial charge on any atom is -0.375 e. The predicted octanol–water partition coefficient (Wildman–Crippen LogP) is 2.74. The van der Waals surface area contributed by atoms with Crippen molar-refractivity contribution in [2.45, 2.75) is 94.9 Å². The molecule has 4 aliphatic rings. The third kappa shape index (κ3) is 4.54. The first-order valence-electron chi connectivity index (χ1n) is 11.4. The molecule has 28 heavy (non-hydrogen) atoms. The Morgan fingerprint density at radius 2 is 1.50 bits per heavy atom. The molecule has 3 aliphatic heterocycles. The van der Waals surface area contributed by atoms with Crippen LogP contribution in [-0.2, 0) is 19.1 Å². The van der Waals surface area contributed by atoms with Gasteiger partial charge in [-0.1, -0.05) is 12.8 Å². The van der Waals surface area contributed by atoms with Crippen LogP contribution in [0.1, 0.15) is 70.6 Å². The second-order valence-electron chi connectivity index (χ2n) is 9.28. The van der Waals surface area contributed by atoms with Crippen LogP contribution in [0.4, 0.5) is 0 Å². The molecule has 4 rings (SSSR count). The molecule has 0 aromatic carbocycles. The molecule has 6 heteroatoms. The molecule has 0 aromatic heterocycles. The summed E-state index contributed by atoms with van der Waals surface area (Å²) in [6.45, 7) is 1.87. The maximum Gasteiger partial charge on any atom is 0.249 e. The number of rotatable bonds is 6. The highest BCUT2D eigenvalue weighted by Crippen LogP contribution is 2.38. The molecule has 3 saturated heterocycles. The average Bonchev–Trinajstić information content (AvgIpc) is 3.28. The topological polar surface area (TPSA) is 59.1 Å². The van der Waals surface area contributed by atoms with Gasteiger partial charge in [-0.3, -0.25) is 9.59 Å². The lowest BCUT2D eigenvalue weighted by Gasteiger charge is -2.41. The highest BCUT2D eigenvalue weighted by Gasteiger charge is 2.44. The van der Waals surface area contributed by atoms with Crippen LogP contribution in [0.15, 0.2) is 0 Å².